The highest BCUT2D eigenvalue weighted by Gasteiger charge is 2.19. The lowest BCUT2D eigenvalue weighted by atomic mass is 10.1. The molecule has 1 N–H and O–H groups in total. The van der Waals surface area contributed by atoms with Gasteiger partial charge in [-0.05, 0) is 25.1 Å². The Morgan fingerprint density at radius 3 is 3.06 bits per heavy atom. The third-order valence-corrected chi connectivity index (χ3v) is 2.43. The number of nitrogens with zero attached hydrogens (tertiary/aromatic N) is 1. The van der Waals surface area contributed by atoms with Crippen LogP contribution in [0.25, 0.3) is 11.3 Å². The molecule has 5 heteroatoms. The molecule has 0 amide bonds. The molecule has 2 aromatic heterocycles. The van der Waals surface area contributed by atoms with Crippen LogP contribution in [0.2, 0.25) is 0 Å². The lowest BCUT2D eigenvalue weighted by Gasteiger charge is -2.07. The van der Waals surface area contributed by atoms with Crippen molar-refractivity contribution in [2.75, 3.05) is 14.2 Å². The van der Waals surface area contributed by atoms with Crippen molar-refractivity contribution in [2.45, 2.75) is 6.90 Å². The van der Waals surface area contributed by atoms with Crippen LogP contribution in [0.1, 0.15) is 18.8 Å². The zero-order valence-electron chi connectivity index (χ0n) is 12.1. The quantitative estimate of drug-likeness (QED) is 0.845. The molecule has 94 valence electrons. The summed E-state index contributed by atoms with van der Waals surface area (Å²) in [7, 11) is 2.72. The predicted octanol–water partition coefficient (Wildman–Crippen LogP) is 2.18. The number of rotatable bonds is 3. The number of ether oxygens (including phenoxy) is 2. The molecule has 0 aromatic carbocycles. The second kappa shape index (κ2) is 4.91. The van der Waals surface area contributed by atoms with E-state index in [4.69, 9.17) is 12.2 Å². The minimum atomic E-state index is -0.633. The van der Waals surface area contributed by atoms with Gasteiger partial charge in [0.05, 0.1) is 32.4 Å². The average Bonchev–Trinajstić information content (AvgIpc) is 2.83. The smallest absolute Gasteiger partial charge is 0.340 e. The summed E-state index contributed by atoms with van der Waals surface area (Å²) >= 11 is 0. The number of aromatic nitrogens is 2. The van der Waals surface area contributed by atoms with Crippen molar-refractivity contribution < 1.29 is 17.0 Å². The number of hydrogen-bond acceptors (Lipinski definition) is 4. The topological polar surface area (TPSA) is 64.2 Å². The standard InChI is InChI=1S/C13H14N2O3/c1-8-7-10(13(16)18-3)11(15-8)9-5-4-6-14-12(9)17-2/h4-7,15H,1-3H3/i1D,7D. The van der Waals surface area contributed by atoms with E-state index in [9.17, 15) is 4.79 Å². The summed E-state index contributed by atoms with van der Waals surface area (Å²) in [6.45, 7) is -0.134. The van der Waals surface area contributed by atoms with Gasteiger partial charge in [0.1, 0.15) is 0 Å². The largest absolute Gasteiger partial charge is 0.481 e. The first kappa shape index (κ1) is 9.70. The molecule has 18 heavy (non-hydrogen) atoms. The maximum Gasteiger partial charge on any atom is 0.340 e. The highest BCUT2D eigenvalue weighted by molar-refractivity contribution is 5.97. The van der Waals surface area contributed by atoms with Crippen molar-refractivity contribution in [2.24, 2.45) is 0 Å². The zero-order chi connectivity index (χ0) is 14.7. The van der Waals surface area contributed by atoms with Gasteiger partial charge >= 0.3 is 5.97 Å². The number of H-pyrrole nitrogens is 1. The molecule has 0 aliphatic heterocycles. The van der Waals surface area contributed by atoms with E-state index in [-0.39, 0.29) is 18.5 Å². The Kier molecular flexibility index (Phi) is 2.65. The normalized spacial score (nSPS) is 11.7. The van der Waals surface area contributed by atoms with Crippen LogP contribution in [0.3, 0.4) is 0 Å². The van der Waals surface area contributed by atoms with E-state index < -0.39 is 5.97 Å². The van der Waals surface area contributed by atoms with Crippen molar-refractivity contribution in [3.8, 4) is 17.1 Å². The van der Waals surface area contributed by atoms with Gasteiger partial charge in [0.2, 0.25) is 5.88 Å². The molecule has 0 spiro atoms. The fourth-order valence-electron chi connectivity index (χ4n) is 1.66. The van der Waals surface area contributed by atoms with Crippen LogP contribution in [0, 0.1) is 6.90 Å². The Hall–Kier alpha value is -2.30. The van der Waals surface area contributed by atoms with Gasteiger partial charge in [0, 0.05) is 13.3 Å². The minimum absolute atomic E-state index is 0.0345. The fraction of sp³-hybridized carbons (Fsp3) is 0.231. The van der Waals surface area contributed by atoms with E-state index in [2.05, 4.69) is 9.97 Å². The van der Waals surface area contributed by atoms with Gasteiger partial charge in [-0.1, -0.05) is 0 Å². The number of aryl methyl sites for hydroxylation is 1. The molecule has 0 bridgehead atoms. The first-order chi connectivity index (χ1) is 9.63. The van der Waals surface area contributed by atoms with Crippen LogP contribution in [0.5, 0.6) is 5.88 Å². The Morgan fingerprint density at radius 2 is 2.39 bits per heavy atom. The molecule has 5 nitrogen and oxygen atoms in total. The number of methoxy groups -OCH3 is 2. The van der Waals surface area contributed by atoms with Gasteiger partial charge in [0.15, 0.2) is 0 Å². The fourth-order valence-corrected chi connectivity index (χ4v) is 1.66. The third-order valence-electron chi connectivity index (χ3n) is 2.43. The second-order valence-electron chi connectivity index (χ2n) is 3.53. The molecule has 2 aromatic rings. The minimum Gasteiger partial charge on any atom is -0.481 e. The second-order valence-corrected chi connectivity index (χ2v) is 3.53. The lowest BCUT2D eigenvalue weighted by Crippen LogP contribution is -2.02. The molecule has 2 heterocycles. The maximum absolute atomic E-state index is 11.9. The van der Waals surface area contributed by atoms with Crippen molar-refractivity contribution in [3.63, 3.8) is 0 Å². The molecule has 0 unspecified atom stereocenters. The van der Waals surface area contributed by atoms with Crippen LogP contribution in [-0.2, 0) is 4.74 Å². The molecule has 0 radical (unpaired) electrons. The number of aromatic amines is 1. The molecule has 2 rings (SSSR count). The molecular weight excluding hydrogens is 232 g/mol. The summed E-state index contributed by atoms with van der Waals surface area (Å²) < 4.78 is 25.2. The number of carbonyl (C=O) groups is 1. The Balaban J connectivity index is 2.70. The van der Waals surface area contributed by atoms with Crippen LogP contribution in [-0.4, -0.2) is 30.2 Å². The van der Waals surface area contributed by atoms with E-state index in [0.717, 1.165) is 0 Å². The Labute approximate surface area is 108 Å². The lowest BCUT2D eigenvalue weighted by molar-refractivity contribution is 0.0602. The van der Waals surface area contributed by atoms with Gasteiger partial charge in [-0.15, -0.1) is 0 Å². The van der Waals surface area contributed by atoms with Gasteiger partial charge in [0.25, 0.3) is 0 Å². The van der Waals surface area contributed by atoms with Crippen molar-refractivity contribution in [1.29, 1.82) is 0 Å². The summed E-state index contributed by atoms with van der Waals surface area (Å²) in [4.78, 5) is 18.8. The highest BCUT2D eigenvalue weighted by atomic mass is 16.5. The van der Waals surface area contributed by atoms with Crippen LogP contribution < -0.4 is 4.74 Å². The number of pyridine rings is 1. The van der Waals surface area contributed by atoms with Crippen molar-refractivity contribution >= 4 is 5.97 Å². The molecular formula is C13H14N2O3. The summed E-state index contributed by atoms with van der Waals surface area (Å²) in [6.07, 6.45) is 1.57. The summed E-state index contributed by atoms with van der Waals surface area (Å²) in [5.74, 6) is -0.303. The van der Waals surface area contributed by atoms with E-state index in [1.807, 2.05) is 0 Å². The number of esters is 1. The first-order valence-electron chi connectivity index (χ1n) is 6.43. The third kappa shape index (κ3) is 2.07. The molecule has 0 aliphatic carbocycles. The van der Waals surface area contributed by atoms with Gasteiger partial charge < -0.3 is 14.5 Å². The SMILES string of the molecule is [2H]Cc1[nH]c(-c2cccnc2OC)c(C(=O)OC)c1[2H]. The van der Waals surface area contributed by atoms with Gasteiger partial charge in [-0.3, -0.25) is 0 Å². The van der Waals surface area contributed by atoms with Crippen molar-refractivity contribution in [1.82, 2.24) is 9.97 Å². The molecule has 0 atom stereocenters. The van der Waals surface area contributed by atoms with Crippen LogP contribution >= 0.6 is 0 Å². The van der Waals surface area contributed by atoms with Crippen molar-refractivity contribution in [3.05, 3.63) is 35.6 Å². The summed E-state index contributed by atoms with van der Waals surface area (Å²) in [6, 6.07) is 3.38. The monoisotopic (exact) mass is 248 g/mol. The van der Waals surface area contributed by atoms with Gasteiger partial charge in [-0.2, -0.15) is 0 Å². The zero-order valence-corrected chi connectivity index (χ0v) is 10.1. The van der Waals surface area contributed by atoms with Crippen LogP contribution in [0.4, 0.5) is 0 Å². The van der Waals surface area contributed by atoms with Crippen LogP contribution in [0.15, 0.2) is 24.4 Å². The molecule has 0 saturated heterocycles. The van der Waals surface area contributed by atoms with Gasteiger partial charge in [-0.25, -0.2) is 9.78 Å². The number of hydrogen-bond donors (Lipinski definition) is 1. The van der Waals surface area contributed by atoms with E-state index >= 15 is 0 Å². The predicted molar refractivity (Wildman–Crippen MR) is 66.7 cm³/mol. The van der Waals surface area contributed by atoms with E-state index in [1.165, 1.54) is 14.2 Å². The van der Waals surface area contributed by atoms with E-state index in [1.54, 1.807) is 18.3 Å². The van der Waals surface area contributed by atoms with E-state index in [0.29, 0.717) is 22.8 Å². The Bertz CT molecular complexity index is 641. The number of nitrogens with one attached hydrogen (secondary N) is 1. The summed E-state index contributed by atoms with van der Waals surface area (Å²) in [5, 5.41) is 0. The molecule has 0 saturated carbocycles. The summed E-state index contributed by atoms with van der Waals surface area (Å²) in [5.41, 5.74) is 1.35. The highest BCUT2D eigenvalue weighted by Crippen LogP contribution is 2.30. The number of carbonyl (C=O) groups excluding carboxylic acids is 1. The molecule has 0 aliphatic rings. The molecule has 0 fully saturated rings. The maximum atomic E-state index is 11.9. The first-order valence-corrected chi connectivity index (χ1v) is 5.22. The average molecular weight is 248 g/mol. The Morgan fingerprint density at radius 1 is 1.56 bits per heavy atom.